The largest absolute Gasteiger partial charge is 0.476 e. The second kappa shape index (κ2) is 6.12. The van der Waals surface area contributed by atoms with Crippen molar-refractivity contribution in [2.45, 2.75) is 19.3 Å². The summed E-state index contributed by atoms with van der Waals surface area (Å²) >= 11 is 0. The molecule has 0 aromatic carbocycles. The molecular weight excluding hydrogens is 248 g/mol. The Morgan fingerprint density at radius 1 is 1.26 bits per heavy atom. The number of nitrogens with zero attached hydrogens (tertiary/aromatic N) is 3. The molecule has 0 spiro atoms. The summed E-state index contributed by atoms with van der Waals surface area (Å²) < 4.78 is 0. The van der Waals surface area contributed by atoms with Gasteiger partial charge in [-0.05, 0) is 12.8 Å². The summed E-state index contributed by atoms with van der Waals surface area (Å²) in [7, 11) is 0. The number of amides is 1. The summed E-state index contributed by atoms with van der Waals surface area (Å²) in [4.78, 5) is 31.9. The number of carboxylic acids is 1. The van der Waals surface area contributed by atoms with Gasteiger partial charge in [-0.3, -0.25) is 4.79 Å². The molecular formula is C12H16N4O3. The van der Waals surface area contributed by atoms with E-state index in [2.05, 4.69) is 15.3 Å². The number of carbonyl (C=O) groups is 2. The summed E-state index contributed by atoms with van der Waals surface area (Å²) in [6.07, 6.45) is 5.11. The number of aromatic carboxylic acids is 1. The monoisotopic (exact) mass is 264 g/mol. The van der Waals surface area contributed by atoms with E-state index in [1.54, 1.807) is 0 Å². The predicted molar refractivity (Wildman–Crippen MR) is 67.9 cm³/mol. The normalized spacial score (nSPS) is 14.4. The highest BCUT2D eigenvalue weighted by Crippen LogP contribution is 2.09. The van der Waals surface area contributed by atoms with Gasteiger partial charge in [-0.1, -0.05) is 0 Å². The van der Waals surface area contributed by atoms with Crippen molar-refractivity contribution in [1.29, 1.82) is 0 Å². The van der Waals surface area contributed by atoms with Crippen molar-refractivity contribution in [3.63, 3.8) is 0 Å². The van der Waals surface area contributed by atoms with Gasteiger partial charge in [-0.2, -0.15) is 0 Å². The molecule has 1 fully saturated rings. The SMILES string of the molecule is O=C(O)c1cnc(NCCC(=O)N2CCCC2)cn1. The Kier molecular flexibility index (Phi) is 4.27. The van der Waals surface area contributed by atoms with E-state index in [4.69, 9.17) is 5.11 Å². The Morgan fingerprint density at radius 3 is 2.58 bits per heavy atom. The van der Waals surface area contributed by atoms with Crippen LogP contribution in [0.25, 0.3) is 0 Å². The van der Waals surface area contributed by atoms with Crippen LogP contribution in [0.3, 0.4) is 0 Å². The van der Waals surface area contributed by atoms with Gasteiger partial charge in [-0.25, -0.2) is 14.8 Å². The van der Waals surface area contributed by atoms with E-state index in [-0.39, 0.29) is 11.6 Å². The van der Waals surface area contributed by atoms with Crippen LogP contribution < -0.4 is 5.32 Å². The highest BCUT2D eigenvalue weighted by molar-refractivity contribution is 5.84. The van der Waals surface area contributed by atoms with Crippen molar-refractivity contribution in [3.8, 4) is 0 Å². The van der Waals surface area contributed by atoms with E-state index in [0.717, 1.165) is 25.9 Å². The summed E-state index contributed by atoms with van der Waals surface area (Å²) in [6.45, 7) is 2.17. The molecule has 0 aliphatic carbocycles. The molecule has 0 unspecified atom stereocenters. The van der Waals surface area contributed by atoms with Crippen molar-refractivity contribution in [1.82, 2.24) is 14.9 Å². The van der Waals surface area contributed by atoms with Crippen LogP contribution in [0.2, 0.25) is 0 Å². The van der Waals surface area contributed by atoms with E-state index in [1.807, 2.05) is 4.90 Å². The Bertz CT molecular complexity index is 455. The highest BCUT2D eigenvalue weighted by Gasteiger charge is 2.17. The summed E-state index contributed by atoms with van der Waals surface area (Å²) in [5.41, 5.74) is -0.0984. The molecule has 1 amide bonds. The summed E-state index contributed by atoms with van der Waals surface area (Å²) in [5.74, 6) is -0.498. The van der Waals surface area contributed by atoms with Crippen LogP contribution in [0.4, 0.5) is 5.82 Å². The molecule has 2 rings (SSSR count). The fourth-order valence-electron chi connectivity index (χ4n) is 1.95. The van der Waals surface area contributed by atoms with E-state index in [9.17, 15) is 9.59 Å². The number of carboxylic acid groups (broad SMARTS) is 1. The van der Waals surface area contributed by atoms with Gasteiger partial charge in [-0.15, -0.1) is 0 Å². The predicted octanol–water partition coefficient (Wildman–Crippen LogP) is 0.599. The molecule has 19 heavy (non-hydrogen) atoms. The Balaban J connectivity index is 1.75. The fourth-order valence-corrected chi connectivity index (χ4v) is 1.95. The number of anilines is 1. The third-order valence-electron chi connectivity index (χ3n) is 2.97. The number of likely N-dealkylation sites (tertiary alicyclic amines) is 1. The average molecular weight is 264 g/mol. The Labute approximate surface area is 110 Å². The zero-order valence-electron chi connectivity index (χ0n) is 10.5. The average Bonchev–Trinajstić information content (AvgIpc) is 2.93. The molecule has 7 nitrogen and oxygen atoms in total. The number of aromatic nitrogens is 2. The minimum Gasteiger partial charge on any atom is -0.476 e. The molecule has 0 radical (unpaired) electrons. The fraction of sp³-hybridized carbons (Fsp3) is 0.500. The van der Waals surface area contributed by atoms with Crippen LogP contribution in [0, 0.1) is 0 Å². The van der Waals surface area contributed by atoms with Crippen LogP contribution in [0.15, 0.2) is 12.4 Å². The lowest BCUT2D eigenvalue weighted by Gasteiger charge is -2.15. The number of carbonyl (C=O) groups excluding carboxylic acids is 1. The van der Waals surface area contributed by atoms with Gasteiger partial charge < -0.3 is 15.3 Å². The maximum atomic E-state index is 11.8. The van der Waals surface area contributed by atoms with Gasteiger partial charge in [0.05, 0.1) is 12.4 Å². The smallest absolute Gasteiger partial charge is 0.356 e. The van der Waals surface area contributed by atoms with Crippen molar-refractivity contribution in [3.05, 3.63) is 18.1 Å². The minimum atomic E-state index is -1.11. The molecule has 1 saturated heterocycles. The van der Waals surface area contributed by atoms with Gasteiger partial charge in [0.1, 0.15) is 5.82 Å². The summed E-state index contributed by atoms with van der Waals surface area (Å²) in [5, 5.41) is 11.6. The first kappa shape index (κ1) is 13.3. The first-order valence-corrected chi connectivity index (χ1v) is 6.24. The molecule has 1 aromatic rings. The molecule has 0 bridgehead atoms. The third-order valence-corrected chi connectivity index (χ3v) is 2.97. The van der Waals surface area contributed by atoms with E-state index < -0.39 is 5.97 Å². The van der Waals surface area contributed by atoms with Gasteiger partial charge in [0.2, 0.25) is 5.91 Å². The first-order chi connectivity index (χ1) is 9.16. The molecule has 1 aliphatic heterocycles. The number of nitrogens with one attached hydrogen (secondary N) is 1. The van der Waals surface area contributed by atoms with E-state index >= 15 is 0 Å². The molecule has 0 atom stereocenters. The molecule has 0 saturated carbocycles. The standard InChI is InChI=1S/C12H16N4O3/c17-11(16-5-1-2-6-16)3-4-13-10-8-14-9(7-15-10)12(18)19/h7-8H,1-6H2,(H,13,15)(H,18,19). The second-order valence-electron chi connectivity index (χ2n) is 4.36. The zero-order valence-corrected chi connectivity index (χ0v) is 10.5. The second-order valence-corrected chi connectivity index (χ2v) is 4.36. The maximum Gasteiger partial charge on any atom is 0.356 e. The van der Waals surface area contributed by atoms with Gasteiger partial charge in [0.15, 0.2) is 5.69 Å². The van der Waals surface area contributed by atoms with Crippen molar-refractivity contribution in [2.75, 3.05) is 25.0 Å². The number of hydrogen-bond acceptors (Lipinski definition) is 5. The van der Waals surface area contributed by atoms with Crippen molar-refractivity contribution >= 4 is 17.7 Å². The Hall–Kier alpha value is -2.18. The van der Waals surface area contributed by atoms with Crippen LogP contribution in [0.1, 0.15) is 29.8 Å². The van der Waals surface area contributed by atoms with Crippen LogP contribution in [0.5, 0.6) is 0 Å². The van der Waals surface area contributed by atoms with Crippen LogP contribution in [-0.2, 0) is 4.79 Å². The minimum absolute atomic E-state index is 0.0984. The van der Waals surface area contributed by atoms with Crippen molar-refractivity contribution < 1.29 is 14.7 Å². The van der Waals surface area contributed by atoms with Crippen molar-refractivity contribution in [2.24, 2.45) is 0 Å². The Morgan fingerprint density at radius 2 is 2.00 bits per heavy atom. The first-order valence-electron chi connectivity index (χ1n) is 6.24. The van der Waals surface area contributed by atoms with Gasteiger partial charge in [0.25, 0.3) is 0 Å². The lowest BCUT2D eigenvalue weighted by atomic mass is 10.3. The maximum absolute atomic E-state index is 11.8. The highest BCUT2D eigenvalue weighted by atomic mass is 16.4. The molecule has 102 valence electrons. The zero-order chi connectivity index (χ0) is 13.7. The topological polar surface area (TPSA) is 95.4 Å². The van der Waals surface area contributed by atoms with Crippen LogP contribution in [-0.4, -0.2) is 51.5 Å². The molecule has 7 heteroatoms. The van der Waals surface area contributed by atoms with Gasteiger partial charge in [0, 0.05) is 26.1 Å². The molecule has 2 heterocycles. The lowest BCUT2D eigenvalue weighted by molar-refractivity contribution is -0.129. The van der Waals surface area contributed by atoms with Crippen LogP contribution >= 0.6 is 0 Å². The lowest BCUT2D eigenvalue weighted by Crippen LogP contribution is -2.29. The quantitative estimate of drug-likeness (QED) is 0.808. The summed E-state index contributed by atoms with van der Waals surface area (Å²) in [6, 6.07) is 0. The molecule has 1 aliphatic rings. The molecule has 1 aromatic heterocycles. The number of rotatable bonds is 5. The third kappa shape index (κ3) is 3.64. The van der Waals surface area contributed by atoms with E-state index in [1.165, 1.54) is 12.4 Å². The van der Waals surface area contributed by atoms with Gasteiger partial charge >= 0.3 is 5.97 Å². The molecule has 2 N–H and O–H groups in total. The van der Waals surface area contributed by atoms with E-state index in [0.29, 0.717) is 18.8 Å². The number of hydrogen-bond donors (Lipinski definition) is 2.